The number of imidazole rings is 1. The molecule has 2 nitrogen and oxygen atoms in total. The maximum atomic E-state index is 5.22. The highest BCUT2D eigenvalue weighted by molar-refractivity contribution is 7.71. The van der Waals surface area contributed by atoms with Gasteiger partial charge in [-0.15, -0.1) is 0 Å². The fraction of sp³-hybridized carbons (Fsp3) is 0.0714. The standard InChI is InChI=1S/C14H12N2S/c1-16-13-8-7-11(9-12(13)15-14(16)17)10-5-3-2-4-6-10/h2-9H,1H3,(H,15,17). The Morgan fingerprint density at radius 2 is 1.76 bits per heavy atom. The van der Waals surface area contributed by atoms with Gasteiger partial charge < -0.3 is 9.55 Å². The van der Waals surface area contributed by atoms with Gasteiger partial charge in [0.05, 0.1) is 11.0 Å². The van der Waals surface area contributed by atoms with E-state index in [1.165, 1.54) is 11.1 Å². The lowest BCUT2D eigenvalue weighted by Gasteiger charge is -2.01. The number of H-pyrrole nitrogens is 1. The first-order valence-electron chi connectivity index (χ1n) is 5.50. The molecule has 84 valence electrons. The Bertz CT molecular complexity index is 723. The van der Waals surface area contributed by atoms with Crippen LogP contribution in [-0.4, -0.2) is 9.55 Å². The van der Waals surface area contributed by atoms with E-state index < -0.39 is 0 Å². The average Bonchev–Trinajstić information content (AvgIpc) is 2.66. The minimum atomic E-state index is 0.755. The molecule has 3 rings (SSSR count). The summed E-state index contributed by atoms with van der Waals surface area (Å²) in [6.07, 6.45) is 0. The Hall–Kier alpha value is -1.87. The van der Waals surface area contributed by atoms with Crippen LogP contribution < -0.4 is 0 Å². The molecule has 2 aromatic carbocycles. The van der Waals surface area contributed by atoms with Crippen molar-refractivity contribution < 1.29 is 0 Å². The van der Waals surface area contributed by atoms with Crippen molar-refractivity contribution in [3.8, 4) is 11.1 Å². The number of benzene rings is 2. The lowest BCUT2D eigenvalue weighted by Crippen LogP contribution is -1.85. The lowest BCUT2D eigenvalue weighted by atomic mass is 10.1. The number of rotatable bonds is 1. The minimum Gasteiger partial charge on any atom is -0.331 e. The quantitative estimate of drug-likeness (QED) is 0.640. The Morgan fingerprint density at radius 3 is 2.53 bits per heavy atom. The molecular formula is C14H12N2S. The summed E-state index contributed by atoms with van der Waals surface area (Å²) in [5, 5.41) is 0. The SMILES string of the molecule is Cn1c(=S)[nH]c2cc(-c3ccccc3)ccc21. The molecule has 0 saturated carbocycles. The number of hydrogen-bond acceptors (Lipinski definition) is 1. The van der Waals surface area contributed by atoms with Crippen LogP contribution in [-0.2, 0) is 7.05 Å². The number of aromatic nitrogens is 2. The molecule has 0 fully saturated rings. The number of aromatic amines is 1. The summed E-state index contributed by atoms with van der Waals surface area (Å²) in [6, 6.07) is 16.7. The van der Waals surface area contributed by atoms with Crippen molar-refractivity contribution in [3.05, 3.63) is 53.3 Å². The van der Waals surface area contributed by atoms with Crippen LogP contribution in [0.5, 0.6) is 0 Å². The van der Waals surface area contributed by atoms with Crippen molar-refractivity contribution in [1.82, 2.24) is 9.55 Å². The fourth-order valence-corrected chi connectivity index (χ4v) is 2.26. The number of nitrogens with one attached hydrogen (secondary N) is 1. The molecule has 1 N–H and O–H groups in total. The van der Waals surface area contributed by atoms with Gasteiger partial charge in [0, 0.05) is 7.05 Å². The number of fused-ring (bicyclic) bond motifs is 1. The van der Waals surface area contributed by atoms with E-state index in [1.54, 1.807) is 0 Å². The molecule has 3 aromatic rings. The highest BCUT2D eigenvalue weighted by atomic mass is 32.1. The minimum absolute atomic E-state index is 0.755. The van der Waals surface area contributed by atoms with Crippen molar-refractivity contribution in [3.63, 3.8) is 0 Å². The molecule has 0 aliphatic carbocycles. The van der Waals surface area contributed by atoms with E-state index in [0.717, 1.165) is 15.8 Å². The summed E-state index contributed by atoms with van der Waals surface area (Å²) < 4.78 is 2.74. The highest BCUT2D eigenvalue weighted by Gasteiger charge is 2.03. The van der Waals surface area contributed by atoms with Crippen LogP contribution in [0.15, 0.2) is 48.5 Å². The number of nitrogens with zero attached hydrogens (tertiary/aromatic N) is 1. The summed E-state index contributed by atoms with van der Waals surface area (Å²) in [5.41, 5.74) is 4.64. The maximum Gasteiger partial charge on any atom is 0.177 e. The molecule has 0 unspecified atom stereocenters. The van der Waals surface area contributed by atoms with E-state index >= 15 is 0 Å². The molecule has 3 heteroatoms. The molecule has 1 aromatic heterocycles. The highest BCUT2D eigenvalue weighted by Crippen LogP contribution is 2.23. The van der Waals surface area contributed by atoms with Gasteiger partial charge in [-0.25, -0.2) is 0 Å². The van der Waals surface area contributed by atoms with Crippen molar-refractivity contribution in [2.75, 3.05) is 0 Å². The average molecular weight is 240 g/mol. The Balaban J connectivity index is 2.24. The van der Waals surface area contributed by atoms with Gasteiger partial charge in [-0.2, -0.15) is 0 Å². The summed E-state index contributed by atoms with van der Waals surface area (Å²) in [4.78, 5) is 3.21. The molecule has 0 atom stereocenters. The van der Waals surface area contributed by atoms with Gasteiger partial charge in [0.25, 0.3) is 0 Å². The maximum absolute atomic E-state index is 5.22. The predicted octanol–water partition coefficient (Wildman–Crippen LogP) is 3.90. The molecule has 0 saturated heterocycles. The smallest absolute Gasteiger partial charge is 0.177 e. The van der Waals surface area contributed by atoms with Gasteiger partial charge in [-0.05, 0) is 35.5 Å². The number of hydrogen-bond donors (Lipinski definition) is 1. The third-order valence-corrected chi connectivity index (χ3v) is 3.39. The molecule has 0 aliphatic rings. The second-order valence-corrected chi connectivity index (χ2v) is 4.47. The summed E-state index contributed by atoms with van der Waals surface area (Å²) in [7, 11) is 1.98. The molecule has 0 aliphatic heterocycles. The van der Waals surface area contributed by atoms with Crippen molar-refractivity contribution in [1.29, 1.82) is 0 Å². The van der Waals surface area contributed by atoms with Crippen LogP contribution in [0.3, 0.4) is 0 Å². The predicted molar refractivity (Wildman–Crippen MR) is 73.5 cm³/mol. The van der Waals surface area contributed by atoms with Crippen LogP contribution in [0.1, 0.15) is 0 Å². The fourth-order valence-electron chi connectivity index (χ4n) is 2.05. The van der Waals surface area contributed by atoms with Gasteiger partial charge in [-0.1, -0.05) is 36.4 Å². The Labute approximate surface area is 105 Å². The molecular weight excluding hydrogens is 228 g/mol. The first kappa shape index (κ1) is 10.3. The van der Waals surface area contributed by atoms with E-state index in [9.17, 15) is 0 Å². The third kappa shape index (κ3) is 1.68. The van der Waals surface area contributed by atoms with Crippen LogP contribution in [0.25, 0.3) is 22.2 Å². The molecule has 17 heavy (non-hydrogen) atoms. The van der Waals surface area contributed by atoms with Crippen molar-refractivity contribution in [2.24, 2.45) is 7.05 Å². The zero-order chi connectivity index (χ0) is 11.8. The first-order valence-corrected chi connectivity index (χ1v) is 5.91. The van der Waals surface area contributed by atoms with Gasteiger partial charge in [0.15, 0.2) is 4.77 Å². The van der Waals surface area contributed by atoms with Crippen LogP contribution >= 0.6 is 12.2 Å². The first-order chi connectivity index (χ1) is 8.25. The molecule has 0 amide bonds. The van der Waals surface area contributed by atoms with Crippen LogP contribution in [0, 0.1) is 4.77 Å². The monoisotopic (exact) mass is 240 g/mol. The van der Waals surface area contributed by atoms with E-state index in [4.69, 9.17) is 12.2 Å². The van der Waals surface area contributed by atoms with E-state index in [-0.39, 0.29) is 0 Å². The molecule has 0 spiro atoms. The van der Waals surface area contributed by atoms with Crippen LogP contribution in [0.4, 0.5) is 0 Å². The van der Waals surface area contributed by atoms with Gasteiger partial charge in [0.2, 0.25) is 0 Å². The summed E-state index contributed by atoms with van der Waals surface area (Å²) in [6.45, 7) is 0. The van der Waals surface area contributed by atoms with Gasteiger partial charge >= 0.3 is 0 Å². The van der Waals surface area contributed by atoms with Crippen molar-refractivity contribution >= 4 is 23.3 Å². The summed E-state index contributed by atoms with van der Waals surface area (Å²) >= 11 is 5.22. The zero-order valence-electron chi connectivity index (χ0n) is 9.47. The number of aryl methyl sites for hydroxylation is 1. The second-order valence-electron chi connectivity index (χ2n) is 4.09. The van der Waals surface area contributed by atoms with Gasteiger partial charge in [-0.3, -0.25) is 0 Å². The summed E-state index contributed by atoms with van der Waals surface area (Å²) in [5.74, 6) is 0. The largest absolute Gasteiger partial charge is 0.331 e. The Kier molecular flexibility index (Phi) is 2.34. The van der Waals surface area contributed by atoms with Crippen LogP contribution in [0.2, 0.25) is 0 Å². The molecule has 0 bridgehead atoms. The normalized spacial score (nSPS) is 10.9. The van der Waals surface area contributed by atoms with E-state index in [2.05, 4.69) is 35.3 Å². The topological polar surface area (TPSA) is 20.7 Å². The van der Waals surface area contributed by atoms with Gasteiger partial charge in [0.1, 0.15) is 0 Å². The molecule has 1 heterocycles. The van der Waals surface area contributed by atoms with E-state index in [0.29, 0.717) is 0 Å². The lowest BCUT2D eigenvalue weighted by molar-refractivity contribution is 0.927. The zero-order valence-corrected chi connectivity index (χ0v) is 10.3. The second kappa shape index (κ2) is 3.86. The third-order valence-electron chi connectivity index (χ3n) is 3.01. The Morgan fingerprint density at radius 1 is 1.00 bits per heavy atom. The molecule has 0 radical (unpaired) electrons. The van der Waals surface area contributed by atoms with E-state index in [1.807, 2.05) is 29.8 Å². The van der Waals surface area contributed by atoms with Crippen molar-refractivity contribution in [2.45, 2.75) is 0 Å².